The highest BCUT2D eigenvalue weighted by Gasteiger charge is 2.14. The normalized spacial score (nSPS) is 10.7. The van der Waals surface area contributed by atoms with Gasteiger partial charge in [-0.05, 0) is 12.1 Å². The molecule has 0 aliphatic carbocycles. The number of hydrogen-bond donors (Lipinski definition) is 1. The van der Waals surface area contributed by atoms with Crippen molar-refractivity contribution in [2.75, 3.05) is 43.3 Å². The van der Waals surface area contributed by atoms with E-state index < -0.39 is 0 Å². The summed E-state index contributed by atoms with van der Waals surface area (Å²) in [5, 5.41) is 2.89. The highest BCUT2D eigenvalue weighted by Crippen LogP contribution is 2.23. The third-order valence-electron chi connectivity index (χ3n) is 3.69. The fourth-order valence-electron chi connectivity index (χ4n) is 2.49. The number of aromatic nitrogens is 4. The van der Waals surface area contributed by atoms with E-state index in [1.165, 1.54) is 0 Å². The number of para-hydroxylation sites is 2. The first-order valence-corrected chi connectivity index (χ1v) is 7.87. The molecule has 0 bridgehead atoms. The molecule has 8 nitrogen and oxygen atoms in total. The summed E-state index contributed by atoms with van der Waals surface area (Å²) in [7, 11) is 7.50. The molecule has 0 fully saturated rings. The Bertz CT molecular complexity index is 901. The molecular formula is C17H21N7O. The lowest BCUT2D eigenvalue weighted by Gasteiger charge is -2.19. The second-order valence-corrected chi connectivity index (χ2v) is 6.11. The van der Waals surface area contributed by atoms with Gasteiger partial charge in [-0.25, -0.2) is 9.97 Å². The lowest BCUT2D eigenvalue weighted by atomic mass is 10.3. The topological polar surface area (TPSA) is 79.2 Å². The summed E-state index contributed by atoms with van der Waals surface area (Å²) in [6.45, 7) is 0.169. The minimum absolute atomic E-state index is 0.160. The maximum atomic E-state index is 12.5. The van der Waals surface area contributed by atoms with Gasteiger partial charge in [-0.2, -0.15) is 4.98 Å². The van der Waals surface area contributed by atoms with Crippen molar-refractivity contribution in [3.05, 3.63) is 36.8 Å². The Morgan fingerprint density at radius 3 is 2.60 bits per heavy atom. The standard InChI is InChI=1S/C17H21N7O/c1-22(2)16-13(9-18-17(21-16)23(3)4)20-15(25)10-24-11-19-12-7-5-6-8-14(12)24/h5-9,11H,10H2,1-4H3,(H,20,25). The summed E-state index contributed by atoms with van der Waals surface area (Å²) in [6.07, 6.45) is 3.30. The maximum Gasteiger partial charge on any atom is 0.244 e. The number of carbonyl (C=O) groups excluding carboxylic acids is 1. The predicted octanol–water partition coefficient (Wildman–Crippen LogP) is 1.60. The number of imidazole rings is 1. The van der Waals surface area contributed by atoms with Crippen molar-refractivity contribution in [3.8, 4) is 0 Å². The molecule has 3 aromatic rings. The molecule has 0 spiro atoms. The fraction of sp³-hybridized carbons (Fsp3) is 0.294. The van der Waals surface area contributed by atoms with Crippen LogP contribution in [0.1, 0.15) is 0 Å². The van der Waals surface area contributed by atoms with Crippen molar-refractivity contribution in [1.29, 1.82) is 0 Å². The van der Waals surface area contributed by atoms with Crippen LogP contribution in [0.5, 0.6) is 0 Å². The molecule has 0 saturated carbocycles. The SMILES string of the molecule is CN(C)c1ncc(NC(=O)Cn2cnc3ccccc32)c(N(C)C)n1. The Morgan fingerprint density at radius 2 is 1.88 bits per heavy atom. The van der Waals surface area contributed by atoms with Crippen molar-refractivity contribution in [1.82, 2.24) is 19.5 Å². The fourth-order valence-corrected chi connectivity index (χ4v) is 2.49. The molecule has 2 aromatic heterocycles. The van der Waals surface area contributed by atoms with Crippen molar-refractivity contribution in [2.45, 2.75) is 6.54 Å². The van der Waals surface area contributed by atoms with Crippen LogP contribution in [-0.2, 0) is 11.3 Å². The van der Waals surface area contributed by atoms with Crippen molar-refractivity contribution >= 4 is 34.4 Å². The van der Waals surface area contributed by atoms with Gasteiger partial charge in [0.15, 0.2) is 5.82 Å². The van der Waals surface area contributed by atoms with Crippen LogP contribution < -0.4 is 15.1 Å². The van der Waals surface area contributed by atoms with Crippen molar-refractivity contribution in [3.63, 3.8) is 0 Å². The number of anilines is 3. The molecule has 130 valence electrons. The lowest BCUT2D eigenvalue weighted by molar-refractivity contribution is -0.116. The summed E-state index contributed by atoms with van der Waals surface area (Å²) in [5.41, 5.74) is 2.36. The summed E-state index contributed by atoms with van der Waals surface area (Å²) in [5.74, 6) is 1.08. The molecule has 1 N–H and O–H groups in total. The minimum Gasteiger partial charge on any atom is -0.361 e. The van der Waals surface area contributed by atoms with Gasteiger partial charge in [0.1, 0.15) is 12.2 Å². The van der Waals surface area contributed by atoms with Gasteiger partial charge in [-0.3, -0.25) is 4.79 Å². The number of rotatable bonds is 5. The van der Waals surface area contributed by atoms with Crippen LogP contribution >= 0.6 is 0 Å². The van der Waals surface area contributed by atoms with E-state index in [2.05, 4.69) is 20.3 Å². The molecule has 0 unspecified atom stereocenters. The third-order valence-corrected chi connectivity index (χ3v) is 3.69. The van der Waals surface area contributed by atoms with Crippen LogP contribution in [0.4, 0.5) is 17.5 Å². The third kappa shape index (κ3) is 3.52. The van der Waals surface area contributed by atoms with Gasteiger partial charge in [-0.1, -0.05) is 12.1 Å². The maximum absolute atomic E-state index is 12.5. The molecule has 8 heteroatoms. The van der Waals surface area contributed by atoms with Crippen LogP contribution in [0.3, 0.4) is 0 Å². The van der Waals surface area contributed by atoms with Crippen LogP contribution in [0.2, 0.25) is 0 Å². The Balaban J connectivity index is 1.81. The number of benzene rings is 1. The van der Waals surface area contributed by atoms with Gasteiger partial charge in [0.2, 0.25) is 11.9 Å². The molecule has 1 aromatic carbocycles. The summed E-state index contributed by atoms with van der Waals surface area (Å²) >= 11 is 0. The zero-order chi connectivity index (χ0) is 18.0. The van der Waals surface area contributed by atoms with Gasteiger partial charge in [0.05, 0.1) is 23.6 Å². The molecule has 0 saturated heterocycles. The number of amides is 1. The van der Waals surface area contributed by atoms with Crippen LogP contribution in [0.15, 0.2) is 36.8 Å². The summed E-state index contributed by atoms with van der Waals surface area (Å²) < 4.78 is 1.81. The molecule has 25 heavy (non-hydrogen) atoms. The van der Waals surface area contributed by atoms with E-state index in [1.54, 1.807) is 12.5 Å². The Labute approximate surface area is 146 Å². The van der Waals surface area contributed by atoms with Gasteiger partial charge in [-0.15, -0.1) is 0 Å². The van der Waals surface area contributed by atoms with Gasteiger partial charge in [0, 0.05) is 28.2 Å². The molecule has 0 aliphatic heterocycles. The van der Waals surface area contributed by atoms with E-state index in [4.69, 9.17) is 0 Å². The monoisotopic (exact) mass is 339 g/mol. The van der Waals surface area contributed by atoms with E-state index in [1.807, 2.05) is 66.8 Å². The van der Waals surface area contributed by atoms with Gasteiger partial charge < -0.3 is 19.7 Å². The summed E-state index contributed by atoms with van der Waals surface area (Å²) in [4.78, 5) is 29.2. The lowest BCUT2D eigenvalue weighted by Crippen LogP contribution is -2.23. The van der Waals surface area contributed by atoms with E-state index in [0.29, 0.717) is 17.5 Å². The first kappa shape index (κ1) is 16.7. The highest BCUT2D eigenvalue weighted by atomic mass is 16.2. The minimum atomic E-state index is -0.160. The average molecular weight is 339 g/mol. The van der Waals surface area contributed by atoms with Gasteiger partial charge in [0.25, 0.3) is 0 Å². The van der Waals surface area contributed by atoms with E-state index in [0.717, 1.165) is 11.0 Å². The number of nitrogens with zero attached hydrogens (tertiary/aromatic N) is 6. The highest BCUT2D eigenvalue weighted by molar-refractivity contribution is 5.94. The number of fused-ring (bicyclic) bond motifs is 1. The number of carbonyl (C=O) groups is 1. The van der Waals surface area contributed by atoms with Crippen LogP contribution in [0.25, 0.3) is 11.0 Å². The first-order chi connectivity index (χ1) is 12.0. The average Bonchev–Trinajstić information content (AvgIpc) is 2.98. The van der Waals surface area contributed by atoms with E-state index >= 15 is 0 Å². The smallest absolute Gasteiger partial charge is 0.244 e. The Kier molecular flexibility index (Phi) is 4.51. The molecule has 0 radical (unpaired) electrons. The Hall–Kier alpha value is -3.16. The molecule has 0 atom stereocenters. The zero-order valence-corrected chi connectivity index (χ0v) is 14.8. The second-order valence-electron chi connectivity index (χ2n) is 6.11. The molecule has 0 aliphatic rings. The predicted molar refractivity (Wildman–Crippen MR) is 99.0 cm³/mol. The molecule has 3 rings (SSSR count). The molecule has 1 amide bonds. The zero-order valence-electron chi connectivity index (χ0n) is 14.8. The quantitative estimate of drug-likeness (QED) is 0.761. The first-order valence-electron chi connectivity index (χ1n) is 7.87. The number of nitrogens with one attached hydrogen (secondary N) is 1. The second kappa shape index (κ2) is 6.76. The Morgan fingerprint density at radius 1 is 1.12 bits per heavy atom. The van der Waals surface area contributed by atoms with Crippen LogP contribution in [0, 0.1) is 0 Å². The van der Waals surface area contributed by atoms with Crippen LogP contribution in [-0.4, -0.2) is 53.6 Å². The van der Waals surface area contributed by atoms with E-state index in [-0.39, 0.29) is 12.5 Å². The number of hydrogen-bond acceptors (Lipinski definition) is 6. The summed E-state index contributed by atoms with van der Waals surface area (Å²) in [6, 6.07) is 7.71. The van der Waals surface area contributed by atoms with Crippen molar-refractivity contribution in [2.24, 2.45) is 0 Å². The van der Waals surface area contributed by atoms with Gasteiger partial charge >= 0.3 is 0 Å². The largest absolute Gasteiger partial charge is 0.361 e. The molecular weight excluding hydrogens is 318 g/mol. The van der Waals surface area contributed by atoms with E-state index in [9.17, 15) is 4.79 Å². The van der Waals surface area contributed by atoms with Crippen molar-refractivity contribution < 1.29 is 4.79 Å². The molecule has 2 heterocycles.